The highest BCUT2D eigenvalue weighted by molar-refractivity contribution is 8.00. The van der Waals surface area contributed by atoms with Crippen LogP contribution in [0.1, 0.15) is 32.3 Å². The molecule has 250 valence electrons. The second kappa shape index (κ2) is 13.3. The van der Waals surface area contributed by atoms with Crippen molar-refractivity contribution in [3.05, 3.63) is 66.4 Å². The number of imide groups is 1. The quantitative estimate of drug-likeness (QED) is 0.184. The Kier molecular flexibility index (Phi) is 9.59. The Bertz CT molecular complexity index is 1650. The van der Waals surface area contributed by atoms with E-state index in [4.69, 9.17) is 9.47 Å². The zero-order chi connectivity index (χ0) is 34.1. The van der Waals surface area contributed by atoms with Crippen molar-refractivity contribution >= 4 is 46.9 Å². The van der Waals surface area contributed by atoms with Gasteiger partial charge in [-0.2, -0.15) is 13.2 Å². The number of aromatic nitrogens is 1. The lowest BCUT2D eigenvalue weighted by Gasteiger charge is -2.39. The Balaban J connectivity index is 1.21. The molecule has 0 bridgehead atoms. The van der Waals surface area contributed by atoms with E-state index in [1.54, 1.807) is 44.2 Å². The van der Waals surface area contributed by atoms with Gasteiger partial charge in [-0.1, -0.05) is 0 Å². The maximum Gasteiger partial charge on any atom is 0.446 e. The molecule has 1 aliphatic heterocycles. The number of ether oxygens (including phenoxy) is 2. The van der Waals surface area contributed by atoms with Crippen molar-refractivity contribution in [2.24, 2.45) is 0 Å². The fourth-order valence-corrected chi connectivity index (χ4v) is 5.85. The number of halogens is 3. The van der Waals surface area contributed by atoms with Crippen molar-refractivity contribution in [1.29, 1.82) is 0 Å². The molecule has 1 saturated heterocycles. The third-order valence-electron chi connectivity index (χ3n) is 8.07. The van der Waals surface area contributed by atoms with Crippen molar-refractivity contribution in [2.45, 2.75) is 61.3 Å². The van der Waals surface area contributed by atoms with E-state index >= 15 is 0 Å². The topological polar surface area (TPSA) is 116 Å². The second-order valence-electron chi connectivity index (χ2n) is 11.9. The molecule has 5 amide bonds. The van der Waals surface area contributed by atoms with Gasteiger partial charge >= 0.3 is 17.6 Å². The van der Waals surface area contributed by atoms with Crippen LogP contribution in [0.15, 0.2) is 65.7 Å². The third kappa shape index (κ3) is 7.73. The fraction of sp³-hybridized carbons (Fsp3) is 0.375. The van der Waals surface area contributed by atoms with Crippen LogP contribution in [-0.2, 0) is 11.3 Å². The molecule has 1 aromatic heterocycles. The summed E-state index contributed by atoms with van der Waals surface area (Å²) in [5.74, 6) is 0.748. The van der Waals surface area contributed by atoms with Crippen LogP contribution in [-0.4, -0.2) is 77.2 Å². The van der Waals surface area contributed by atoms with E-state index in [9.17, 15) is 27.6 Å². The Morgan fingerprint density at radius 3 is 2.38 bits per heavy atom. The van der Waals surface area contributed by atoms with Crippen molar-refractivity contribution < 1.29 is 37.0 Å². The fourth-order valence-electron chi connectivity index (χ4n) is 5.31. The minimum Gasteiger partial charge on any atom is -0.493 e. The molecule has 0 spiro atoms. The molecule has 2 heterocycles. The molecular formula is C32H35F3N6O5S. The summed E-state index contributed by atoms with van der Waals surface area (Å²) in [6, 6.07) is 12.7. The van der Waals surface area contributed by atoms with Gasteiger partial charge in [-0.05, 0) is 107 Å². The van der Waals surface area contributed by atoms with E-state index < -0.39 is 29.0 Å². The first kappa shape index (κ1) is 33.9. The Morgan fingerprint density at radius 2 is 1.74 bits per heavy atom. The molecule has 15 heteroatoms. The summed E-state index contributed by atoms with van der Waals surface area (Å²) in [5, 5.41) is 5.41. The van der Waals surface area contributed by atoms with Crippen LogP contribution in [0.2, 0.25) is 0 Å². The van der Waals surface area contributed by atoms with Gasteiger partial charge in [-0.3, -0.25) is 10.1 Å². The van der Waals surface area contributed by atoms with Crippen LogP contribution in [0.4, 0.5) is 40.0 Å². The van der Waals surface area contributed by atoms with Crippen LogP contribution in [0, 0.1) is 0 Å². The standard InChI is InChI=1S/C32H35F3N6O5S/c1-31(2)28(42)41(21-7-9-24(10-8-21)47-32(33,34)35)30(44)40(31)18-19-12-13-36-27(14-19)38-29(43)37-20-6-11-25(26(15-20)45-5)46-23-16-22(17-23)39(3)4/h6-15,22-23H,16-18H2,1-5H3,(H2,36,37,38,43). The smallest absolute Gasteiger partial charge is 0.446 e. The Morgan fingerprint density at radius 1 is 1.04 bits per heavy atom. The number of methoxy groups -OCH3 is 1. The van der Waals surface area contributed by atoms with Gasteiger partial charge in [0.05, 0.1) is 12.8 Å². The van der Waals surface area contributed by atoms with Crippen molar-refractivity contribution in [1.82, 2.24) is 14.8 Å². The predicted molar refractivity (Wildman–Crippen MR) is 172 cm³/mol. The number of thioether (sulfide) groups is 1. The highest BCUT2D eigenvalue weighted by atomic mass is 32.2. The van der Waals surface area contributed by atoms with Gasteiger partial charge in [0.2, 0.25) is 0 Å². The van der Waals surface area contributed by atoms with Crippen molar-refractivity contribution in [3.8, 4) is 11.5 Å². The first-order valence-corrected chi connectivity index (χ1v) is 15.5. The van der Waals surface area contributed by atoms with E-state index in [1.165, 1.54) is 42.5 Å². The molecule has 1 aliphatic carbocycles. The zero-order valence-corrected chi connectivity index (χ0v) is 27.2. The average molecular weight is 673 g/mol. The number of rotatable bonds is 10. The first-order chi connectivity index (χ1) is 22.1. The summed E-state index contributed by atoms with van der Waals surface area (Å²) >= 11 is -0.282. The third-order valence-corrected chi connectivity index (χ3v) is 8.81. The molecule has 2 aliphatic rings. The summed E-state index contributed by atoms with van der Waals surface area (Å²) in [5.41, 5.74) is -4.51. The van der Waals surface area contributed by atoms with E-state index in [-0.39, 0.29) is 40.8 Å². The number of hydrogen-bond donors (Lipinski definition) is 2. The number of nitrogens with zero attached hydrogens (tertiary/aromatic N) is 4. The Labute approximate surface area is 274 Å². The highest BCUT2D eigenvalue weighted by Crippen LogP contribution is 2.39. The number of carbonyl (C=O) groups excluding carboxylic acids is 3. The lowest BCUT2D eigenvalue weighted by molar-refractivity contribution is -0.123. The van der Waals surface area contributed by atoms with Gasteiger partial charge in [-0.15, -0.1) is 0 Å². The molecule has 5 rings (SSSR count). The monoisotopic (exact) mass is 672 g/mol. The van der Waals surface area contributed by atoms with Gasteiger partial charge in [0.25, 0.3) is 5.91 Å². The molecule has 2 N–H and O–H groups in total. The van der Waals surface area contributed by atoms with Crippen LogP contribution in [0.5, 0.6) is 11.5 Å². The van der Waals surface area contributed by atoms with Crippen molar-refractivity contribution in [3.63, 3.8) is 0 Å². The number of nitrogens with one attached hydrogen (secondary N) is 2. The lowest BCUT2D eigenvalue weighted by atomic mass is 9.88. The molecule has 2 aromatic carbocycles. The van der Waals surface area contributed by atoms with Crippen LogP contribution in [0.3, 0.4) is 0 Å². The van der Waals surface area contributed by atoms with Gasteiger partial charge in [0.15, 0.2) is 11.5 Å². The summed E-state index contributed by atoms with van der Waals surface area (Å²) < 4.78 is 49.8. The van der Waals surface area contributed by atoms with Gasteiger partial charge < -0.3 is 24.6 Å². The molecule has 0 unspecified atom stereocenters. The molecule has 2 fully saturated rings. The number of hydrogen-bond acceptors (Lipinski definition) is 8. The number of anilines is 3. The number of amides is 5. The molecule has 0 radical (unpaired) electrons. The van der Waals surface area contributed by atoms with E-state index in [0.29, 0.717) is 28.8 Å². The molecule has 0 atom stereocenters. The number of urea groups is 2. The first-order valence-electron chi connectivity index (χ1n) is 14.7. The lowest BCUT2D eigenvalue weighted by Crippen LogP contribution is -2.46. The van der Waals surface area contributed by atoms with Crippen molar-refractivity contribution in [2.75, 3.05) is 36.7 Å². The van der Waals surface area contributed by atoms with Gasteiger partial charge in [0, 0.05) is 35.4 Å². The van der Waals surface area contributed by atoms with Crippen LogP contribution in [0.25, 0.3) is 0 Å². The largest absolute Gasteiger partial charge is 0.493 e. The summed E-state index contributed by atoms with van der Waals surface area (Å²) in [6.07, 6.45) is 3.40. The maximum atomic E-state index is 13.4. The molecule has 1 saturated carbocycles. The highest BCUT2D eigenvalue weighted by Gasteiger charge is 2.51. The summed E-state index contributed by atoms with van der Waals surface area (Å²) in [7, 11) is 5.61. The molecule has 3 aromatic rings. The summed E-state index contributed by atoms with van der Waals surface area (Å²) in [4.78, 5) is 48.2. The second-order valence-corrected chi connectivity index (χ2v) is 13.1. The zero-order valence-electron chi connectivity index (χ0n) is 26.4. The van der Waals surface area contributed by atoms with E-state index in [1.807, 2.05) is 14.1 Å². The Hall–Kier alpha value is -4.50. The molecule has 47 heavy (non-hydrogen) atoms. The average Bonchev–Trinajstić information content (AvgIpc) is 3.13. The maximum absolute atomic E-state index is 13.4. The van der Waals surface area contributed by atoms with Gasteiger partial charge in [0.1, 0.15) is 17.5 Å². The number of carbonyl (C=O) groups is 3. The number of pyridine rings is 1. The van der Waals surface area contributed by atoms with E-state index in [0.717, 1.165) is 17.7 Å². The van der Waals surface area contributed by atoms with E-state index in [2.05, 4.69) is 20.5 Å². The number of alkyl halides is 3. The number of benzene rings is 2. The van der Waals surface area contributed by atoms with Crippen LogP contribution >= 0.6 is 11.8 Å². The minimum absolute atomic E-state index is 0.00382. The molecule has 11 nitrogen and oxygen atoms in total. The molecular weight excluding hydrogens is 637 g/mol. The predicted octanol–water partition coefficient (Wildman–Crippen LogP) is 6.56. The summed E-state index contributed by atoms with van der Waals surface area (Å²) in [6.45, 7) is 3.18. The normalized spacial score (nSPS) is 19.1. The minimum atomic E-state index is -4.46. The van der Waals surface area contributed by atoms with Crippen LogP contribution < -0.4 is 25.0 Å². The van der Waals surface area contributed by atoms with Gasteiger partial charge in [-0.25, -0.2) is 19.5 Å². The SMILES string of the molecule is COc1cc(NC(=O)Nc2cc(CN3C(=O)N(c4ccc(SC(F)(F)F)cc4)C(=O)C3(C)C)ccn2)ccc1OC1CC(N(C)C)C1.